The van der Waals surface area contributed by atoms with E-state index in [0.29, 0.717) is 0 Å². The van der Waals surface area contributed by atoms with E-state index in [1.807, 2.05) is 0 Å². The highest BCUT2D eigenvalue weighted by Gasteiger charge is 2.34. The van der Waals surface area contributed by atoms with Crippen LogP contribution in [0.4, 0.5) is 5.69 Å². The Morgan fingerprint density at radius 1 is 0.490 bits per heavy atom. The minimum atomic E-state index is -0.282. The molecule has 0 saturated carbocycles. The van der Waals surface area contributed by atoms with Gasteiger partial charge in [-0.15, -0.1) is 0 Å². The number of ether oxygens (including phenoxy) is 1. The second kappa shape index (κ2) is 10.1. The van der Waals surface area contributed by atoms with Gasteiger partial charge in [0.15, 0.2) is 12.0 Å². The molecule has 0 radical (unpaired) electrons. The lowest BCUT2D eigenvalue weighted by Crippen LogP contribution is -2.11. The van der Waals surface area contributed by atoms with Crippen LogP contribution in [-0.4, -0.2) is 4.57 Å². The van der Waals surface area contributed by atoms with E-state index in [1.54, 1.807) is 0 Å². The van der Waals surface area contributed by atoms with Crippen LogP contribution in [0, 0.1) is 0 Å². The molecule has 11 rings (SSSR count). The summed E-state index contributed by atoms with van der Waals surface area (Å²) in [6, 6.07) is 59.6. The van der Waals surface area contributed by atoms with Gasteiger partial charge >= 0.3 is 0 Å². The molecule has 49 heavy (non-hydrogen) atoms. The van der Waals surface area contributed by atoms with E-state index in [0.717, 1.165) is 17.0 Å². The first kappa shape index (κ1) is 26.7. The molecule has 0 amide bonds. The predicted octanol–water partition coefficient (Wildman–Crippen LogP) is 11.8. The molecule has 1 aliphatic heterocycles. The number of para-hydroxylation sites is 2. The molecule has 8 aromatic carbocycles. The largest absolute Gasteiger partial charge is 0.464 e. The van der Waals surface area contributed by atoms with Crippen LogP contribution in [-0.2, 0) is 0 Å². The molecule has 3 nitrogen and oxygen atoms in total. The molecule has 1 aliphatic carbocycles. The summed E-state index contributed by atoms with van der Waals surface area (Å²) in [6.45, 7) is 0. The average molecular weight is 627 g/mol. The molecule has 0 fully saturated rings. The molecule has 2 unspecified atom stereocenters. The average Bonchev–Trinajstić information content (AvgIpc) is 3.84. The van der Waals surface area contributed by atoms with E-state index in [9.17, 15) is 0 Å². The molecule has 1 N–H and O–H groups in total. The zero-order valence-corrected chi connectivity index (χ0v) is 26.6. The summed E-state index contributed by atoms with van der Waals surface area (Å²) in [5.41, 5.74) is 12.3. The van der Waals surface area contributed by atoms with E-state index in [2.05, 4.69) is 174 Å². The van der Waals surface area contributed by atoms with Crippen molar-refractivity contribution >= 4 is 49.0 Å². The molecule has 2 atom stereocenters. The summed E-state index contributed by atoms with van der Waals surface area (Å²) in [6.07, 6.45) is -0.282. The third-order valence-electron chi connectivity index (χ3n) is 10.7. The fourth-order valence-corrected chi connectivity index (χ4v) is 8.50. The molecular weight excluding hydrogens is 597 g/mol. The standard InChI is InChI=1S/C46H30N2O/c1-3-12-29(13-4-1)43-38-25-31(46-47-40-24-22-30-20-19-28-11-7-8-16-33(28)44(30)45(40)49-46)21-23-34(38)36-26-37-35-17-9-10-18-41(35)48(42(37)27-39(36)43)32-14-5-2-6-15-32/h1-27,43,46-47H. The molecule has 9 aromatic rings. The zero-order chi connectivity index (χ0) is 32.1. The van der Waals surface area contributed by atoms with E-state index in [-0.39, 0.29) is 12.1 Å². The maximum absolute atomic E-state index is 6.84. The number of nitrogens with zero attached hydrogens (tertiary/aromatic N) is 1. The van der Waals surface area contributed by atoms with Gasteiger partial charge in [-0.05, 0) is 86.4 Å². The molecule has 0 saturated heterocycles. The Bertz CT molecular complexity index is 2780. The summed E-state index contributed by atoms with van der Waals surface area (Å²) in [4.78, 5) is 0. The third-order valence-corrected chi connectivity index (χ3v) is 10.7. The van der Waals surface area contributed by atoms with Crippen LogP contribution in [0.25, 0.3) is 60.2 Å². The maximum atomic E-state index is 6.84. The number of anilines is 1. The highest BCUT2D eigenvalue weighted by atomic mass is 16.5. The Balaban J connectivity index is 1.09. The van der Waals surface area contributed by atoms with Gasteiger partial charge in [0, 0.05) is 33.3 Å². The zero-order valence-electron chi connectivity index (χ0n) is 26.6. The summed E-state index contributed by atoms with van der Waals surface area (Å²) in [5, 5.41) is 11.0. The first-order chi connectivity index (χ1) is 24.3. The first-order valence-electron chi connectivity index (χ1n) is 17.0. The molecule has 1 aromatic heterocycles. The summed E-state index contributed by atoms with van der Waals surface area (Å²) in [5.74, 6) is 1.03. The van der Waals surface area contributed by atoms with Gasteiger partial charge in [0.1, 0.15) is 0 Å². The van der Waals surface area contributed by atoms with Crippen molar-refractivity contribution in [1.29, 1.82) is 0 Å². The fraction of sp³-hybridized carbons (Fsp3) is 0.0435. The van der Waals surface area contributed by atoms with Crippen LogP contribution in [0.1, 0.15) is 34.4 Å². The highest BCUT2D eigenvalue weighted by molar-refractivity contribution is 6.13. The van der Waals surface area contributed by atoms with Crippen molar-refractivity contribution in [2.24, 2.45) is 0 Å². The molecular formula is C46H30N2O. The molecule has 2 aliphatic rings. The highest BCUT2D eigenvalue weighted by Crippen LogP contribution is 2.52. The molecule has 230 valence electrons. The number of aromatic nitrogens is 1. The Kier molecular flexibility index (Phi) is 5.50. The van der Waals surface area contributed by atoms with Crippen LogP contribution < -0.4 is 10.1 Å². The van der Waals surface area contributed by atoms with Crippen molar-refractivity contribution in [2.75, 3.05) is 5.32 Å². The van der Waals surface area contributed by atoms with Crippen LogP contribution >= 0.6 is 0 Å². The molecule has 0 spiro atoms. The topological polar surface area (TPSA) is 26.2 Å². The summed E-state index contributed by atoms with van der Waals surface area (Å²) in [7, 11) is 0. The van der Waals surface area contributed by atoms with Gasteiger partial charge in [-0.2, -0.15) is 0 Å². The fourth-order valence-electron chi connectivity index (χ4n) is 8.50. The number of rotatable bonds is 3. The van der Waals surface area contributed by atoms with Crippen LogP contribution in [0.2, 0.25) is 0 Å². The SMILES string of the molecule is c1ccc(C2c3cc(C4Nc5ccc6ccc7ccccc7c6c5O4)ccc3-c3cc4c5ccccc5n(-c5ccccc5)c4cc32)cc1. The Morgan fingerprint density at radius 2 is 1.20 bits per heavy atom. The summed E-state index contributed by atoms with van der Waals surface area (Å²) >= 11 is 0. The van der Waals surface area contributed by atoms with Crippen molar-refractivity contribution < 1.29 is 4.74 Å². The number of hydrogen-bond donors (Lipinski definition) is 1. The number of fused-ring (bicyclic) bond motifs is 11. The van der Waals surface area contributed by atoms with Crippen LogP contribution in [0.5, 0.6) is 5.75 Å². The minimum absolute atomic E-state index is 0.103. The van der Waals surface area contributed by atoms with Crippen molar-refractivity contribution in [1.82, 2.24) is 4.57 Å². The maximum Gasteiger partial charge on any atom is 0.196 e. The normalized spacial score (nSPS) is 16.1. The summed E-state index contributed by atoms with van der Waals surface area (Å²) < 4.78 is 9.26. The molecule has 2 heterocycles. The number of hydrogen-bond acceptors (Lipinski definition) is 2. The Morgan fingerprint density at radius 3 is 2.08 bits per heavy atom. The Hall–Kier alpha value is -6.32. The third kappa shape index (κ3) is 3.84. The number of benzene rings is 8. The van der Waals surface area contributed by atoms with Gasteiger partial charge < -0.3 is 14.6 Å². The monoisotopic (exact) mass is 626 g/mol. The predicted molar refractivity (Wildman–Crippen MR) is 202 cm³/mol. The van der Waals surface area contributed by atoms with Crippen LogP contribution in [0.15, 0.2) is 164 Å². The van der Waals surface area contributed by atoms with Crippen molar-refractivity contribution in [3.8, 4) is 22.6 Å². The van der Waals surface area contributed by atoms with Crippen molar-refractivity contribution in [3.05, 3.63) is 186 Å². The lowest BCUT2D eigenvalue weighted by atomic mass is 9.88. The Labute approximate surface area is 283 Å². The lowest BCUT2D eigenvalue weighted by molar-refractivity contribution is 0.262. The van der Waals surface area contributed by atoms with Gasteiger partial charge in [-0.1, -0.05) is 121 Å². The first-order valence-corrected chi connectivity index (χ1v) is 17.0. The second-order valence-electron chi connectivity index (χ2n) is 13.3. The quantitative estimate of drug-likeness (QED) is 0.198. The minimum Gasteiger partial charge on any atom is -0.464 e. The van der Waals surface area contributed by atoms with E-state index >= 15 is 0 Å². The van der Waals surface area contributed by atoms with E-state index in [4.69, 9.17) is 4.74 Å². The smallest absolute Gasteiger partial charge is 0.196 e. The lowest BCUT2D eigenvalue weighted by Gasteiger charge is -2.18. The van der Waals surface area contributed by atoms with Gasteiger partial charge in [-0.3, -0.25) is 0 Å². The van der Waals surface area contributed by atoms with E-state index in [1.165, 1.54) is 76.9 Å². The molecule has 3 heteroatoms. The van der Waals surface area contributed by atoms with Crippen LogP contribution in [0.3, 0.4) is 0 Å². The van der Waals surface area contributed by atoms with Crippen molar-refractivity contribution in [3.63, 3.8) is 0 Å². The van der Waals surface area contributed by atoms with Gasteiger partial charge in [-0.25, -0.2) is 0 Å². The second-order valence-corrected chi connectivity index (χ2v) is 13.3. The van der Waals surface area contributed by atoms with E-state index < -0.39 is 0 Å². The van der Waals surface area contributed by atoms with Gasteiger partial charge in [0.25, 0.3) is 0 Å². The van der Waals surface area contributed by atoms with Gasteiger partial charge in [0.05, 0.1) is 16.7 Å². The molecule has 0 bridgehead atoms. The van der Waals surface area contributed by atoms with Gasteiger partial charge in [0.2, 0.25) is 0 Å². The van der Waals surface area contributed by atoms with Crippen molar-refractivity contribution in [2.45, 2.75) is 12.1 Å². The number of nitrogens with one attached hydrogen (secondary N) is 1.